The zero-order chi connectivity index (χ0) is 9.68. The maximum atomic E-state index is 5.98. The number of nitrogens with one attached hydrogen (secondary N) is 2. The fourth-order valence-corrected chi connectivity index (χ4v) is 1.35. The first-order valence-corrected chi connectivity index (χ1v) is 4.93. The van der Waals surface area contributed by atoms with Crippen LogP contribution in [0.25, 0.3) is 0 Å². The Balaban J connectivity index is 2.83. The van der Waals surface area contributed by atoms with Crippen LogP contribution >= 0.6 is 11.6 Å². The van der Waals surface area contributed by atoms with Crippen molar-refractivity contribution < 1.29 is 0 Å². The number of rotatable bonds is 4. The van der Waals surface area contributed by atoms with Gasteiger partial charge in [0, 0.05) is 18.8 Å². The fourth-order valence-electron chi connectivity index (χ4n) is 1.17. The van der Waals surface area contributed by atoms with Crippen LogP contribution in [0.3, 0.4) is 0 Å². The molecule has 0 saturated heterocycles. The van der Waals surface area contributed by atoms with Gasteiger partial charge >= 0.3 is 0 Å². The summed E-state index contributed by atoms with van der Waals surface area (Å²) in [5, 5.41) is 7.20. The molecule has 1 aromatic carbocycles. The lowest BCUT2D eigenvalue weighted by atomic mass is 10.2. The first-order valence-electron chi connectivity index (χ1n) is 4.55. The minimum Gasteiger partial charge on any atom is -0.385 e. The standard InChI is InChI=1S/C10H15ClN2/c1-3-12-8-5-6-9(11)10(7-8)13-4-2/h5-7,12-13H,3-4H2,1-2H3. The van der Waals surface area contributed by atoms with E-state index in [1.54, 1.807) is 0 Å². The highest BCUT2D eigenvalue weighted by Crippen LogP contribution is 2.25. The second-order valence-corrected chi connectivity index (χ2v) is 3.16. The molecule has 0 aliphatic rings. The zero-order valence-electron chi connectivity index (χ0n) is 8.02. The van der Waals surface area contributed by atoms with Gasteiger partial charge in [-0.2, -0.15) is 0 Å². The van der Waals surface area contributed by atoms with Crippen molar-refractivity contribution in [1.82, 2.24) is 0 Å². The third kappa shape index (κ3) is 2.81. The molecule has 0 aliphatic carbocycles. The predicted molar refractivity (Wildman–Crippen MR) is 59.8 cm³/mol. The molecule has 2 nitrogen and oxygen atoms in total. The van der Waals surface area contributed by atoms with Gasteiger partial charge in [-0.3, -0.25) is 0 Å². The Labute approximate surface area is 84.3 Å². The molecule has 1 rings (SSSR count). The third-order valence-corrected chi connectivity index (χ3v) is 2.04. The number of halogens is 1. The van der Waals surface area contributed by atoms with E-state index in [-0.39, 0.29) is 0 Å². The lowest BCUT2D eigenvalue weighted by Gasteiger charge is -2.09. The summed E-state index contributed by atoms with van der Waals surface area (Å²) >= 11 is 5.98. The van der Waals surface area contributed by atoms with E-state index >= 15 is 0 Å². The zero-order valence-corrected chi connectivity index (χ0v) is 8.78. The van der Waals surface area contributed by atoms with Crippen molar-refractivity contribution in [3.8, 4) is 0 Å². The molecule has 0 atom stereocenters. The van der Waals surface area contributed by atoms with E-state index in [0.29, 0.717) is 0 Å². The molecule has 3 heteroatoms. The second-order valence-electron chi connectivity index (χ2n) is 2.76. The van der Waals surface area contributed by atoms with Gasteiger partial charge < -0.3 is 10.6 Å². The molecule has 13 heavy (non-hydrogen) atoms. The molecule has 0 amide bonds. The van der Waals surface area contributed by atoms with Crippen LogP contribution in [0.15, 0.2) is 18.2 Å². The molecule has 0 fully saturated rings. The van der Waals surface area contributed by atoms with E-state index in [4.69, 9.17) is 11.6 Å². The van der Waals surface area contributed by atoms with E-state index in [9.17, 15) is 0 Å². The summed E-state index contributed by atoms with van der Waals surface area (Å²) in [6.45, 7) is 5.93. The number of hydrogen-bond acceptors (Lipinski definition) is 2. The Morgan fingerprint density at radius 3 is 2.46 bits per heavy atom. The summed E-state index contributed by atoms with van der Waals surface area (Å²) in [6.07, 6.45) is 0. The van der Waals surface area contributed by atoms with Crippen LogP contribution in [0, 0.1) is 0 Å². The van der Waals surface area contributed by atoms with Gasteiger partial charge in [0.2, 0.25) is 0 Å². The number of benzene rings is 1. The van der Waals surface area contributed by atoms with Crippen molar-refractivity contribution in [2.45, 2.75) is 13.8 Å². The maximum Gasteiger partial charge on any atom is 0.0639 e. The van der Waals surface area contributed by atoms with E-state index < -0.39 is 0 Å². The first-order chi connectivity index (χ1) is 6.27. The van der Waals surface area contributed by atoms with Crippen LogP contribution < -0.4 is 10.6 Å². The summed E-state index contributed by atoms with van der Waals surface area (Å²) in [4.78, 5) is 0. The van der Waals surface area contributed by atoms with Crippen molar-refractivity contribution in [2.24, 2.45) is 0 Å². The smallest absolute Gasteiger partial charge is 0.0639 e. The molecular weight excluding hydrogens is 184 g/mol. The summed E-state index contributed by atoms with van der Waals surface area (Å²) in [7, 11) is 0. The number of anilines is 2. The minimum absolute atomic E-state index is 0.767. The molecule has 0 aliphatic heterocycles. The number of hydrogen-bond donors (Lipinski definition) is 2. The van der Waals surface area contributed by atoms with Gasteiger partial charge in [-0.05, 0) is 32.0 Å². The van der Waals surface area contributed by atoms with Gasteiger partial charge in [0.1, 0.15) is 0 Å². The molecule has 0 saturated carbocycles. The molecule has 0 radical (unpaired) electrons. The van der Waals surface area contributed by atoms with Crippen LogP contribution in [-0.4, -0.2) is 13.1 Å². The minimum atomic E-state index is 0.767. The molecule has 2 N–H and O–H groups in total. The molecular formula is C10H15ClN2. The predicted octanol–water partition coefficient (Wildman–Crippen LogP) is 3.20. The SMILES string of the molecule is CCNc1ccc(Cl)c(NCC)c1. The van der Waals surface area contributed by atoms with Gasteiger partial charge in [-0.15, -0.1) is 0 Å². The molecule has 0 aromatic heterocycles. The Kier molecular flexibility index (Phi) is 3.90. The topological polar surface area (TPSA) is 24.1 Å². The van der Waals surface area contributed by atoms with Gasteiger partial charge in [-0.25, -0.2) is 0 Å². The molecule has 0 spiro atoms. The van der Waals surface area contributed by atoms with E-state index in [0.717, 1.165) is 29.5 Å². The summed E-state index contributed by atoms with van der Waals surface area (Å²) in [6, 6.07) is 5.90. The molecule has 0 bridgehead atoms. The van der Waals surface area contributed by atoms with Crippen molar-refractivity contribution in [2.75, 3.05) is 23.7 Å². The van der Waals surface area contributed by atoms with Crippen LogP contribution in [0.5, 0.6) is 0 Å². The van der Waals surface area contributed by atoms with Crippen molar-refractivity contribution in [3.63, 3.8) is 0 Å². The molecule has 72 valence electrons. The Morgan fingerprint density at radius 1 is 1.15 bits per heavy atom. The van der Waals surface area contributed by atoms with Crippen molar-refractivity contribution in [3.05, 3.63) is 23.2 Å². The van der Waals surface area contributed by atoms with Crippen LogP contribution in [0.1, 0.15) is 13.8 Å². The highest BCUT2D eigenvalue weighted by molar-refractivity contribution is 6.33. The lowest BCUT2D eigenvalue weighted by molar-refractivity contribution is 1.19. The highest BCUT2D eigenvalue weighted by Gasteiger charge is 1.99. The van der Waals surface area contributed by atoms with E-state index in [2.05, 4.69) is 24.5 Å². The van der Waals surface area contributed by atoms with E-state index in [1.165, 1.54) is 0 Å². The summed E-state index contributed by atoms with van der Waals surface area (Å²) < 4.78 is 0. The summed E-state index contributed by atoms with van der Waals surface area (Å²) in [5.41, 5.74) is 2.09. The average molecular weight is 199 g/mol. The third-order valence-electron chi connectivity index (χ3n) is 1.71. The Bertz CT molecular complexity index is 274. The van der Waals surface area contributed by atoms with Gasteiger partial charge in [0.25, 0.3) is 0 Å². The Morgan fingerprint density at radius 2 is 1.85 bits per heavy atom. The fraction of sp³-hybridized carbons (Fsp3) is 0.400. The largest absolute Gasteiger partial charge is 0.385 e. The van der Waals surface area contributed by atoms with Crippen molar-refractivity contribution in [1.29, 1.82) is 0 Å². The second kappa shape index (κ2) is 4.97. The van der Waals surface area contributed by atoms with Crippen LogP contribution in [0.2, 0.25) is 5.02 Å². The van der Waals surface area contributed by atoms with Gasteiger partial charge in [0.15, 0.2) is 0 Å². The van der Waals surface area contributed by atoms with Gasteiger partial charge in [-0.1, -0.05) is 11.6 Å². The molecule has 0 heterocycles. The normalized spacial score (nSPS) is 9.77. The highest BCUT2D eigenvalue weighted by atomic mass is 35.5. The molecule has 1 aromatic rings. The Hall–Kier alpha value is -0.890. The monoisotopic (exact) mass is 198 g/mol. The van der Waals surface area contributed by atoms with Crippen molar-refractivity contribution >= 4 is 23.0 Å². The first kappa shape index (κ1) is 10.2. The quantitative estimate of drug-likeness (QED) is 0.777. The molecule has 0 unspecified atom stereocenters. The lowest BCUT2D eigenvalue weighted by Crippen LogP contribution is -2.00. The average Bonchev–Trinajstić information content (AvgIpc) is 2.12. The van der Waals surface area contributed by atoms with Crippen LogP contribution in [-0.2, 0) is 0 Å². The van der Waals surface area contributed by atoms with Gasteiger partial charge in [0.05, 0.1) is 10.7 Å². The van der Waals surface area contributed by atoms with E-state index in [1.807, 2.05) is 18.2 Å². The van der Waals surface area contributed by atoms with Crippen LogP contribution in [0.4, 0.5) is 11.4 Å². The summed E-state index contributed by atoms with van der Waals surface area (Å²) in [5.74, 6) is 0. The maximum absolute atomic E-state index is 5.98.